The second kappa shape index (κ2) is 3.65. The van der Waals surface area contributed by atoms with E-state index in [1.165, 1.54) is 18.4 Å². The Morgan fingerprint density at radius 3 is 2.92 bits per heavy atom. The van der Waals surface area contributed by atoms with E-state index in [0.29, 0.717) is 9.50 Å². The Bertz CT molecular complexity index is 333. The molecule has 2 rings (SSSR count). The Balaban J connectivity index is 2.36. The number of hydrogen-bond donors (Lipinski definition) is 0. The Morgan fingerprint density at radius 2 is 2.15 bits per heavy atom. The summed E-state index contributed by atoms with van der Waals surface area (Å²) in [4.78, 5) is 12.1. The van der Waals surface area contributed by atoms with Crippen LogP contribution in [0.15, 0.2) is 24.3 Å². The third kappa shape index (κ3) is 1.56. The van der Waals surface area contributed by atoms with Crippen LogP contribution in [0.4, 0.5) is 0 Å². The normalized spacial score (nSPS) is 20.4. The number of rotatable bonds is 2. The van der Waals surface area contributed by atoms with E-state index in [1.54, 1.807) is 0 Å². The van der Waals surface area contributed by atoms with Crippen molar-refractivity contribution < 1.29 is 4.79 Å². The van der Waals surface area contributed by atoms with E-state index in [0.717, 1.165) is 5.56 Å². The number of carbonyl (C=O) groups is 1. The maximum atomic E-state index is 11.6. The minimum atomic E-state index is 0.166. The second-order valence-corrected chi connectivity index (χ2v) is 5.74. The van der Waals surface area contributed by atoms with Crippen LogP contribution in [0.5, 0.6) is 0 Å². The van der Waals surface area contributed by atoms with Crippen LogP contribution in [0, 0.1) is 0 Å². The van der Waals surface area contributed by atoms with Crippen molar-refractivity contribution in [2.75, 3.05) is 0 Å². The molecule has 0 amide bonds. The average molecular weight is 239 g/mol. The molecule has 2 heteroatoms. The van der Waals surface area contributed by atoms with Crippen LogP contribution in [-0.2, 0) is 0 Å². The van der Waals surface area contributed by atoms with Gasteiger partial charge in [0.15, 0.2) is 0 Å². The zero-order valence-electron chi connectivity index (χ0n) is 7.62. The fourth-order valence-electron chi connectivity index (χ4n) is 1.70. The molecule has 0 radical (unpaired) electrons. The van der Waals surface area contributed by atoms with Crippen molar-refractivity contribution in [3.8, 4) is 0 Å². The van der Waals surface area contributed by atoms with Crippen LogP contribution in [-0.4, -0.2) is 19.6 Å². The van der Waals surface area contributed by atoms with Crippen LogP contribution in [0.25, 0.3) is 0 Å². The van der Waals surface area contributed by atoms with Crippen molar-refractivity contribution in [3.05, 3.63) is 35.4 Å². The van der Waals surface area contributed by atoms with Crippen LogP contribution >= 0.6 is 0 Å². The van der Waals surface area contributed by atoms with Crippen molar-refractivity contribution in [1.82, 2.24) is 0 Å². The summed E-state index contributed by atoms with van der Waals surface area (Å²) in [6.07, 6.45) is 2.34. The first-order valence-corrected chi connectivity index (χ1v) is 6.47. The van der Waals surface area contributed by atoms with Gasteiger partial charge in [0.05, 0.1) is 0 Å². The summed E-state index contributed by atoms with van der Waals surface area (Å²) in [5.41, 5.74) is 2.29. The Hall–Kier alpha value is -0.591. The Morgan fingerprint density at radius 1 is 1.38 bits per heavy atom. The van der Waals surface area contributed by atoms with E-state index in [9.17, 15) is 4.79 Å². The van der Waals surface area contributed by atoms with Gasteiger partial charge in [-0.2, -0.15) is 0 Å². The third-order valence-corrected chi connectivity index (χ3v) is 4.86. The summed E-state index contributed by atoms with van der Waals surface area (Å²) >= 11 is 0.166. The van der Waals surface area contributed by atoms with E-state index in [1.807, 2.05) is 18.2 Å². The molecule has 0 aromatic heterocycles. The molecule has 0 saturated heterocycles. The zero-order chi connectivity index (χ0) is 9.26. The first-order valence-electron chi connectivity index (χ1n) is 4.63. The van der Waals surface area contributed by atoms with Gasteiger partial charge in [-0.15, -0.1) is 0 Å². The van der Waals surface area contributed by atoms with E-state index in [-0.39, 0.29) is 15.0 Å². The molecular formula is C11H12OSe. The average Bonchev–Trinajstić information content (AvgIpc) is 2.46. The second-order valence-electron chi connectivity index (χ2n) is 3.27. The zero-order valence-corrected chi connectivity index (χ0v) is 9.33. The fraction of sp³-hybridized carbons (Fsp3) is 0.364. The Kier molecular flexibility index (Phi) is 2.52. The summed E-state index contributed by atoms with van der Waals surface area (Å²) in [5, 5.41) is 0. The van der Waals surface area contributed by atoms with Crippen molar-refractivity contribution in [2.45, 2.75) is 24.6 Å². The van der Waals surface area contributed by atoms with Gasteiger partial charge in [0.2, 0.25) is 0 Å². The maximum absolute atomic E-state index is 11.6. The fourth-order valence-corrected chi connectivity index (χ4v) is 4.33. The molecule has 68 valence electrons. The molecule has 1 aromatic rings. The number of benzene rings is 1. The number of fused-ring (bicyclic) bond motifs is 1. The predicted octanol–water partition coefficient (Wildman–Crippen LogP) is 2.39. The third-order valence-electron chi connectivity index (χ3n) is 2.33. The first-order chi connectivity index (χ1) is 6.33. The molecule has 0 saturated carbocycles. The summed E-state index contributed by atoms with van der Waals surface area (Å²) in [5.74, 6) is 0. The molecular weight excluding hydrogens is 227 g/mol. The van der Waals surface area contributed by atoms with Gasteiger partial charge in [0, 0.05) is 0 Å². The van der Waals surface area contributed by atoms with Gasteiger partial charge < -0.3 is 0 Å². The van der Waals surface area contributed by atoms with Gasteiger partial charge >= 0.3 is 84.4 Å². The number of carbonyl (C=O) groups excluding carboxylic acids is 1. The van der Waals surface area contributed by atoms with Gasteiger partial charge in [0.1, 0.15) is 0 Å². The SMILES string of the molecule is CCCC1[Se]C(=O)c2ccccc21. The molecule has 0 N–H and O–H groups in total. The molecule has 1 atom stereocenters. The molecule has 1 unspecified atom stereocenters. The van der Waals surface area contributed by atoms with Gasteiger partial charge in [-0.25, -0.2) is 0 Å². The topological polar surface area (TPSA) is 17.1 Å². The molecule has 0 bridgehead atoms. The summed E-state index contributed by atoms with van der Waals surface area (Å²) in [6.45, 7) is 2.18. The van der Waals surface area contributed by atoms with Crippen molar-refractivity contribution in [2.24, 2.45) is 0 Å². The summed E-state index contributed by atoms with van der Waals surface area (Å²) in [7, 11) is 0. The van der Waals surface area contributed by atoms with Crippen molar-refractivity contribution in [3.63, 3.8) is 0 Å². The molecule has 0 spiro atoms. The molecule has 1 aliphatic heterocycles. The van der Waals surface area contributed by atoms with Gasteiger partial charge in [-0.1, -0.05) is 0 Å². The summed E-state index contributed by atoms with van der Waals surface area (Å²) < 4.78 is 0.390. The van der Waals surface area contributed by atoms with Gasteiger partial charge in [-0.3, -0.25) is 0 Å². The minimum absolute atomic E-state index is 0.166. The van der Waals surface area contributed by atoms with Crippen molar-refractivity contribution >= 4 is 19.6 Å². The van der Waals surface area contributed by atoms with Gasteiger partial charge in [-0.05, 0) is 0 Å². The monoisotopic (exact) mass is 240 g/mol. The molecule has 0 fully saturated rings. The number of hydrogen-bond acceptors (Lipinski definition) is 1. The molecule has 1 aliphatic rings. The molecule has 1 nitrogen and oxygen atoms in total. The molecule has 0 aliphatic carbocycles. The van der Waals surface area contributed by atoms with Crippen LogP contribution < -0.4 is 0 Å². The van der Waals surface area contributed by atoms with Crippen LogP contribution in [0.2, 0.25) is 0 Å². The van der Waals surface area contributed by atoms with Gasteiger partial charge in [0.25, 0.3) is 0 Å². The van der Waals surface area contributed by atoms with E-state index >= 15 is 0 Å². The van der Waals surface area contributed by atoms with Crippen LogP contribution in [0.1, 0.15) is 40.5 Å². The van der Waals surface area contributed by atoms with E-state index in [2.05, 4.69) is 13.0 Å². The summed E-state index contributed by atoms with van der Waals surface area (Å²) in [6, 6.07) is 8.08. The predicted molar refractivity (Wildman–Crippen MR) is 54.2 cm³/mol. The first kappa shape index (κ1) is 8.98. The molecule has 1 aromatic carbocycles. The quantitative estimate of drug-likeness (QED) is 0.724. The standard InChI is InChI=1S/C11H12OSe/c1-2-5-10-8-6-3-4-7-9(8)11(12)13-10/h3-4,6-7,10H,2,5H2,1H3. The molecule has 1 heterocycles. The van der Waals surface area contributed by atoms with E-state index in [4.69, 9.17) is 0 Å². The molecule has 13 heavy (non-hydrogen) atoms. The Labute approximate surface area is 84.7 Å². The van der Waals surface area contributed by atoms with Crippen LogP contribution in [0.3, 0.4) is 0 Å². The van der Waals surface area contributed by atoms with E-state index < -0.39 is 0 Å². The van der Waals surface area contributed by atoms with Crippen molar-refractivity contribution in [1.29, 1.82) is 0 Å².